The van der Waals surface area contributed by atoms with Gasteiger partial charge in [0.1, 0.15) is 5.75 Å². The zero-order valence-corrected chi connectivity index (χ0v) is 16.0. The lowest BCUT2D eigenvalue weighted by atomic mass is 9.76. The molecule has 1 saturated heterocycles. The van der Waals surface area contributed by atoms with Crippen LogP contribution in [-0.4, -0.2) is 25.1 Å². The van der Waals surface area contributed by atoms with Crippen LogP contribution >= 0.6 is 12.4 Å². The van der Waals surface area contributed by atoms with Gasteiger partial charge in [-0.3, -0.25) is 4.90 Å². The molecule has 0 aromatic heterocycles. The zero-order chi connectivity index (χ0) is 16.6. The van der Waals surface area contributed by atoms with E-state index in [2.05, 4.69) is 60.4 Å². The second-order valence-corrected chi connectivity index (χ2v) is 7.49. The lowest BCUT2D eigenvalue weighted by Crippen LogP contribution is -2.44. The van der Waals surface area contributed by atoms with Crippen LogP contribution < -0.4 is 4.74 Å². The summed E-state index contributed by atoms with van der Waals surface area (Å²) in [6, 6.07) is 17.7. The van der Waals surface area contributed by atoms with E-state index in [4.69, 9.17) is 4.74 Å². The first-order valence-electron chi connectivity index (χ1n) is 9.18. The summed E-state index contributed by atoms with van der Waals surface area (Å²) in [5.41, 5.74) is 4.66. The van der Waals surface area contributed by atoms with Gasteiger partial charge < -0.3 is 4.74 Å². The van der Waals surface area contributed by atoms with Crippen molar-refractivity contribution in [3.63, 3.8) is 0 Å². The molecule has 0 bridgehead atoms. The highest BCUT2D eigenvalue weighted by molar-refractivity contribution is 5.85. The number of nitrogens with zero attached hydrogens (tertiary/aromatic N) is 1. The summed E-state index contributed by atoms with van der Waals surface area (Å²) in [5.74, 6) is 1.66. The Bertz CT molecular complexity index is 717. The van der Waals surface area contributed by atoms with Crippen LogP contribution in [0.3, 0.4) is 0 Å². The van der Waals surface area contributed by atoms with Crippen LogP contribution in [-0.2, 0) is 12.0 Å². The molecule has 1 aliphatic carbocycles. The molecule has 2 nitrogen and oxygen atoms in total. The molecule has 2 aliphatic rings. The minimum absolute atomic E-state index is 0. The smallest absolute Gasteiger partial charge is 0.119 e. The van der Waals surface area contributed by atoms with Gasteiger partial charge in [-0.1, -0.05) is 36.4 Å². The first-order valence-corrected chi connectivity index (χ1v) is 9.18. The van der Waals surface area contributed by atoms with Crippen LogP contribution in [0.2, 0.25) is 0 Å². The fraction of sp³-hybridized carbons (Fsp3) is 0.455. The summed E-state index contributed by atoms with van der Waals surface area (Å²) in [6.07, 6.45) is 4.97. The molecule has 2 aromatic carbocycles. The molecule has 134 valence electrons. The van der Waals surface area contributed by atoms with E-state index in [1.54, 1.807) is 7.11 Å². The van der Waals surface area contributed by atoms with Gasteiger partial charge in [0.15, 0.2) is 0 Å². The van der Waals surface area contributed by atoms with E-state index >= 15 is 0 Å². The number of benzene rings is 2. The summed E-state index contributed by atoms with van der Waals surface area (Å²) in [6.45, 7) is 4.82. The highest BCUT2D eigenvalue weighted by Crippen LogP contribution is 2.44. The van der Waals surface area contributed by atoms with E-state index in [0.717, 1.165) is 5.75 Å². The number of fused-ring (bicyclic) bond motifs is 1. The molecule has 0 amide bonds. The first-order chi connectivity index (χ1) is 11.7. The Labute approximate surface area is 157 Å². The molecular formula is C22H28ClNO. The van der Waals surface area contributed by atoms with Crippen molar-refractivity contribution in [3.05, 3.63) is 65.2 Å². The number of ether oxygens (including phenoxy) is 1. The Morgan fingerprint density at radius 3 is 2.68 bits per heavy atom. The maximum absolute atomic E-state index is 5.44. The van der Waals surface area contributed by atoms with Gasteiger partial charge in [-0.05, 0) is 73.9 Å². The van der Waals surface area contributed by atoms with Gasteiger partial charge in [0.05, 0.1) is 7.11 Å². The number of halogens is 1. The highest BCUT2D eigenvalue weighted by atomic mass is 35.5. The third-order valence-corrected chi connectivity index (χ3v) is 6.16. The zero-order valence-electron chi connectivity index (χ0n) is 15.2. The number of rotatable bonds is 3. The maximum Gasteiger partial charge on any atom is 0.119 e. The molecule has 0 saturated carbocycles. The van der Waals surface area contributed by atoms with Crippen LogP contribution in [0, 0.1) is 0 Å². The Hall–Kier alpha value is -1.51. The largest absolute Gasteiger partial charge is 0.497 e. The van der Waals surface area contributed by atoms with Crippen molar-refractivity contribution in [3.8, 4) is 5.75 Å². The van der Waals surface area contributed by atoms with Crippen molar-refractivity contribution in [1.29, 1.82) is 0 Å². The van der Waals surface area contributed by atoms with Gasteiger partial charge in [0, 0.05) is 12.1 Å². The number of hydrogen-bond acceptors (Lipinski definition) is 2. The molecule has 0 spiro atoms. The molecule has 2 unspecified atom stereocenters. The molecule has 4 rings (SSSR count). The summed E-state index contributed by atoms with van der Waals surface area (Å²) < 4.78 is 5.44. The SMILES string of the molecule is COc1ccc2c(c1)CCCC2(C)N1CCC(c2ccccc2)C1.Cl. The summed E-state index contributed by atoms with van der Waals surface area (Å²) >= 11 is 0. The van der Waals surface area contributed by atoms with Crippen molar-refractivity contribution < 1.29 is 4.74 Å². The van der Waals surface area contributed by atoms with Crippen molar-refractivity contribution in [2.45, 2.75) is 44.1 Å². The predicted octanol–water partition coefficient (Wildman–Crippen LogP) is 5.16. The average Bonchev–Trinajstić information content (AvgIpc) is 3.13. The van der Waals surface area contributed by atoms with Gasteiger partial charge in [0.25, 0.3) is 0 Å². The van der Waals surface area contributed by atoms with E-state index in [-0.39, 0.29) is 17.9 Å². The summed E-state index contributed by atoms with van der Waals surface area (Å²) in [4.78, 5) is 2.73. The molecule has 1 aliphatic heterocycles. The van der Waals surface area contributed by atoms with Gasteiger partial charge in [-0.15, -0.1) is 12.4 Å². The second-order valence-electron chi connectivity index (χ2n) is 7.49. The molecule has 3 heteroatoms. The Morgan fingerprint density at radius 2 is 1.92 bits per heavy atom. The van der Waals surface area contributed by atoms with Crippen LogP contribution in [0.5, 0.6) is 5.75 Å². The molecule has 0 N–H and O–H groups in total. The molecular weight excluding hydrogens is 330 g/mol. The fourth-order valence-electron chi connectivity index (χ4n) is 4.72. The number of hydrogen-bond donors (Lipinski definition) is 0. The van der Waals surface area contributed by atoms with Crippen LogP contribution in [0.25, 0.3) is 0 Å². The minimum atomic E-state index is 0. The Balaban J connectivity index is 0.00000182. The predicted molar refractivity (Wildman–Crippen MR) is 106 cm³/mol. The Morgan fingerprint density at radius 1 is 1.12 bits per heavy atom. The van der Waals surface area contributed by atoms with Crippen molar-refractivity contribution >= 4 is 12.4 Å². The van der Waals surface area contributed by atoms with E-state index in [1.165, 1.54) is 55.5 Å². The first kappa shape index (κ1) is 18.3. The lowest BCUT2D eigenvalue weighted by Gasteiger charge is -2.43. The van der Waals surface area contributed by atoms with E-state index in [1.807, 2.05) is 0 Å². The molecule has 2 aromatic rings. The van der Waals surface area contributed by atoms with Gasteiger partial charge in [0.2, 0.25) is 0 Å². The third kappa shape index (κ3) is 3.30. The third-order valence-electron chi connectivity index (χ3n) is 6.16. The fourth-order valence-corrected chi connectivity index (χ4v) is 4.72. The minimum Gasteiger partial charge on any atom is -0.497 e. The van der Waals surface area contributed by atoms with Crippen molar-refractivity contribution in [2.75, 3.05) is 20.2 Å². The van der Waals surface area contributed by atoms with E-state index in [0.29, 0.717) is 5.92 Å². The maximum atomic E-state index is 5.44. The lowest BCUT2D eigenvalue weighted by molar-refractivity contribution is 0.111. The van der Waals surface area contributed by atoms with Gasteiger partial charge in [-0.2, -0.15) is 0 Å². The molecule has 1 heterocycles. The van der Waals surface area contributed by atoms with Gasteiger partial charge in [-0.25, -0.2) is 0 Å². The number of aryl methyl sites for hydroxylation is 1. The summed E-state index contributed by atoms with van der Waals surface area (Å²) in [7, 11) is 1.76. The normalized spacial score (nSPS) is 25.9. The molecule has 1 fully saturated rings. The Kier molecular flexibility index (Phi) is 5.41. The van der Waals surface area contributed by atoms with Crippen LogP contribution in [0.4, 0.5) is 0 Å². The van der Waals surface area contributed by atoms with Crippen LogP contribution in [0.15, 0.2) is 48.5 Å². The highest BCUT2D eigenvalue weighted by Gasteiger charge is 2.41. The van der Waals surface area contributed by atoms with E-state index in [9.17, 15) is 0 Å². The number of methoxy groups -OCH3 is 1. The monoisotopic (exact) mass is 357 g/mol. The van der Waals surface area contributed by atoms with E-state index < -0.39 is 0 Å². The quantitative estimate of drug-likeness (QED) is 0.752. The summed E-state index contributed by atoms with van der Waals surface area (Å²) in [5, 5.41) is 0. The molecule has 25 heavy (non-hydrogen) atoms. The van der Waals surface area contributed by atoms with Gasteiger partial charge >= 0.3 is 0 Å². The van der Waals surface area contributed by atoms with Crippen molar-refractivity contribution in [2.24, 2.45) is 0 Å². The standard InChI is InChI=1S/C22H27NO.ClH/c1-22(13-6-9-18-15-20(24-2)10-11-21(18)22)23-14-12-19(16-23)17-7-4-3-5-8-17;/h3-5,7-8,10-11,15,19H,6,9,12-14,16H2,1-2H3;1H. The van der Waals surface area contributed by atoms with Crippen LogP contribution in [0.1, 0.15) is 48.8 Å². The molecule has 0 radical (unpaired) electrons. The topological polar surface area (TPSA) is 12.5 Å². The number of likely N-dealkylation sites (tertiary alicyclic amines) is 1. The second kappa shape index (κ2) is 7.39. The molecule has 2 atom stereocenters. The average molecular weight is 358 g/mol. The van der Waals surface area contributed by atoms with Crippen molar-refractivity contribution in [1.82, 2.24) is 4.90 Å².